The number of fused-ring (bicyclic) bond motifs is 2. The smallest absolute Gasteiger partial charge is 0.270 e. The number of carbonyl (C=O) groups is 2. The number of carbonyl (C=O) groups excluding carboxylic acids is 2. The summed E-state index contributed by atoms with van der Waals surface area (Å²) in [6, 6.07) is 57.1. The highest BCUT2D eigenvalue weighted by Gasteiger charge is 2.22. The molecule has 0 spiro atoms. The van der Waals surface area contributed by atoms with Gasteiger partial charge in [-0.15, -0.1) is 22.7 Å². The topological polar surface area (TPSA) is 127 Å². The van der Waals surface area contributed by atoms with E-state index in [9.17, 15) is 9.59 Å². The predicted octanol–water partition coefficient (Wildman–Crippen LogP) is 13.4. The van der Waals surface area contributed by atoms with Gasteiger partial charge in [-0.1, -0.05) is 151 Å². The number of aryl methyl sites for hydroxylation is 3. The number of benzene rings is 7. The molecule has 2 aromatic heterocycles. The Balaban J connectivity index is 0.706. The standard InChI is InChI=1S/C67H66N6O6S2/c1-45-16-21-48(22-17-45)35-72(37-50-25-28-60-62(32-50)78-43-76-60)39-64-70-58(41-80-64)66(74)68-31-30-57(52-10-5-4-6-11-52)55-14-9-13-54(34-55)56-15-8-7-12-53(56)27-20-47(3)69-67(75)59-42-81-65(71-59)40-73(36-49-23-18-46(2)19-24-49)38-51-26-29-61-63(33-51)79-44-77-61/h4-19,21-26,28-29,32-34,41-42,47,57H,20,27,30-31,35-40,43-44H2,1-3H3,(H,68,74)(H,69,75). The van der Waals surface area contributed by atoms with Crippen molar-refractivity contribution in [2.75, 3.05) is 20.1 Å². The summed E-state index contributed by atoms with van der Waals surface area (Å²) in [6.45, 7) is 11.2. The summed E-state index contributed by atoms with van der Waals surface area (Å²) in [4.78, 5) is 41.9. The first-order chi connectivity index (χ1) is 39.6. The van der Waals surface area contributed by atoms with Gasteiger partial charge in [0.2, 0.25) is 13.6 Å². The number of ether oxygens (including phenoxy) is 4. The molecule has 2 N–H and O–H groups in total. The molecule has 14 heteroatoms. The van der Waals surface area contributed by atoms with Crippen LogP contribution in [0.5, 0.6) is 23.0 Å². The summed E-state index contributed by atoms with van der Waals surface area (Å²) in [7, 11) is 0. The molecule has 12 nitrogen and oxygen atoms in total. The van der Waals surface area contributed by atoms with E-state index in [1.165, 1.54) is 61.6 Å². The van der Waals surface area contributed by atoms with Gasteiger partial charge >= 0.3 is 0 Å². The Hall–Kier alpha value is -8.14. The van der Waals surface area contributed by atoms with E-state index in [4.69, 9.17) is 28.9 Å². The minimum Gasteiger partial charge on any atom is -0.454 e. The highest BCUT2D eigenvalue weighted by atomic mass is 32.1. The molecular formula is C67H66N6O6S2. The van der Waals surface area contributed by atoms with Gasteiger partial charge in [0.1, 0.15) is 21.4 Å². The number of nitrogens with zero attached hydrogens (tertiary/aromatic N) is 4. The first-order valence-corrected chi connectivity index (χ1v) is 29.4. The lowest BCUT2D eigenvalue weighted by atomic mass is 9.86. The second-order valence-corrected chi connectivity index (χ2v) is 23.0. The molecule has 0 aliphatic carbocycles. The van der Waals surface area contributed by atoms with Gasteiger partial charge < -0.3 is 29.6 Å². The molecule has 11 rings (SSSR count). The lowest BCUT2D eigenvalue weighted by molar-refractivity contribution is 0.0930. The van der Waals surface area contributed by atoms with E-state index in [1.807, 2.05) is 41.1 Å². The third-order valence-electron chi connectivity index (χ3n) is 14.8. The van der Waals surface area contributed by atoms with E-state index < -0.39 is 0 Å². The fourth-order valence-electron chi connectivity index (χ4n) is 10.5. The first kappa shape index (κ1) is 54.8. The van der Waals surface area contributed by atoms with Crippen LogP contribution in [0.1, 0.15) is 107 Å². The third-order valence-corrected chi connectivity index (χ3v) is 16.5. The fourth-order valence-corrected chi connectivity index (χ4v) is 12.1. The van der Waals surface area contributed by atoms with E-state index in [2.05, 4.69) is 175 Å². The zero-order chi connectivity index (χ0) is 55.5. The molecule has 2 atom stereocenters. The zero-order valence-electron chi connectivity index (χ0n) is 45.9. The lowest BCUT2D eigenvalue weighted by Crippen LogP contribution is -2.33. The maximum Gasteiger partial charge on any atom is 0.270 e. The largest absolute Gasteiger partial charge is 0.454 e. The van der Waals surface area contributed by atoms with Crippen molar-refractivity contribution < 1.29 is 28.5 Å². The number of rotatable bonds is 24. The fraction of sp³-hybridized carbons (Fsp3) is 0.254. The van der Waals surface area contributed by atoms with Gasteiger partial charge in [0.25, 0.3) is 11.8 Å². The van der Waals surface area contributed by atoms with Crippen LogP contribution in [0.25, 0.3) is 11.1 Å². The van der Waals surface area contributed by atoms with Gasteiger partial charge in [0.15, 0.2) is 23.0 Å². The maximum atomic E-state index is 13.8. The van der Waals surface area contributed by atoms with Crippen LogP contribution in [-0.4, -0.2) is 57.8 Å². The van der Waals surface area contributed by atoms with Gasteiger partial charge in [-0.25, -0.2) is 9.97 Å². The molecule has 81 heavy (non-hydrogen) atoms. The minimum absolute atomic E-state index is 0.0314. The molecule has 2 unspecified atom stereocenters. The van der Waals surface area contributed by atoms with Crippen LogP contribution < -0.4 is 29.6 Å². The average molecular weight is 1120 g/mol. The Labute approximate surface area is 482 Å². The molecule has 7 aromatic carbocycles. The van der Waals surface area contributed by atoms with E-state index in [0.29, 0.717) is 50.5 Å². The highest BCUT2D eigenvalue weighted by Crippen LogP contribution is 2.36. The van der Waals surface area contributed by atoms with Crippen molar-refractivity contribution in [1.82, 2.24) is 30.4 Å². The average Bonchev–Trinajstić information content (AvgIpc) is 4.38. The van der Waals surface area contributed by atoms with Crippen molar-refractivity contribution >= 4 is 34.5 Å². The molecule has 9 aromatic rings. The molecule has 0 fully saturated rings. The number of thiazole rings is 2. The number of aromatic nitrogens is 2. The Morgan fingerprint density at radius 1 is 0.531 bits per heavy atom. The van der Waals surface area contributed by atoms with Gasteiger partial charge in [0, 0.05) is 55.4 Å². The maximum absolute atomic E-state index is 13.8. The zero-order valence-corrected chi connectivity index (χ0v) is 47.6. The molecule has 2 aliphatic rings. The lowest BCUT2D eigenvalue weighted by Gasteiger charge is -2.22. The summed E-state index contributed by atoms with van der Waals surface area (Å²) in [5, 5.41) is 11.9. The molecular weight excluding hydrogens is 1050 g/mol. The Morgan fingerprint density at radius 2 is 1.05 bits per heavy atom. The predicted molar refractivity (Wildman–Crippen MR) is 320 cm³/mol. The molecule has 2 amide bonds. The summed E-state index contributed by atoms with van der Waals surface area (Å²) in [6.07, 6.45) is 2.22. The molecule has 0 radical (unpaired) electrons. The molecule has 0 saturated carbocycles. The van der Waals surface area contributed by atoms with Crippen LogP contribution in [0.15, 0.2) is 175 Å². The SMILES string of the molecule is Cc1ccc(CN(Cc2ccc3c(c2)OCO3)Cc2nc(C(=O)NCCC(c3ccccc3)c3cccc(-c4ccccc4CCC(C)NC(=O)c4csc(CN(Cc5ccc(C)cc5)Cc5ccc6c(c5)OCO6)n4)c3)cs2)cc1. The Kier molecular flexibility index (Phi) is 17.6. The van der Waals surface area contributed by atoms with Crippen LogP contribution in [0.3, 0.4) is 0 Å². The van der Waals surface area contributed by atoms with Crippen molar-refractivity contribution in [3.63, 3.8) is 0 Å². The monoisotopic (exact) mass is 1110 g/mol. The minimum atomic E-state index is -0.180. The van der Waals surface area contributed by atoms with E-state index in [-0.39, 0.29) is 37.4 Å². The number of amides is 2. The van der Waals surface area contributed by atoms with Crippen molar-refractivity contribution in [2.24, 2.45) is 0 Å². The van der Waals surface area contributed by atoms with Crippen LogP contribution in [0.2, 0.25) is 0 Å². The van der Waals surface area contributed by atoms with Crippen LogP contribution in [0, 0.1) is 13.8 Å². The van der Waals surface area contributed by atoms with Gasteiger partial charge in [0.05, 0.1) is 13.1 Å². The molecule has 0 bridgehead atoms. The summed E-state index contributed by atoms with van der Waals surface area (Å²) >= 11 is 3.02. The Bertz CT molecular complexity index is 3590. The van der Waals surface area contributed by atoms with E-state index in [0.717, 1.165) is 81.2 Å². The summed E-state index contributed by atoms with van der Waals surface area (Å²) in [5.74, 6) is 2.73. The van der Waals surface area contributed by atoms with Crippen molar-refractivity contribution in [3.05, 3.63) is 246 Å². The van der Waals surface area contributed by atoms with Crippen LogP contribution in [-0.2, 0) is 45.7 Å². The van der Waals surface area contributed by atoms with Crippen LogP contribution in [0.4, 0.5) is 0 Å². The molecule has 2 aliphatic heterocycles. The molecule has 4 heterocycles. The van der Waals surface area contributed by atoms with Crippen LogP contribution >= 0.6 is 22.7 Å². The summed E-state index contributed by atoms with van der Waals surface area (Å²) in [5.41, 5.74) is 13.8. The second-order valence-electron chi connectivity index (χ2n) is 21.1. The first-order valence-electron chi connectivity index (χ1n) is 27.6. The van der Waals surface area contributed by atoms with Crippen molar-refractivity contribution in [2.45, 2.75) is 91.3 Å². The number of hydrogen-bond donors (Lipinski definition) is 2. The van der Waals surface area contributed by atoms with Gasteiger partial charge in [-0.2, -0.15) is 0 Å². The van der Waals surface area contributed by atoms with Gasteiger partial charge in [-0.3, -0.25) is 19.4 Å². The summed E-state index contributed by atoms with van der Waals surface area (Å²) < 4.78 is 22.5. The van der Waals surface area contributed by atoms with Crippen molar-refractivity contribution in [3.8, 4) is 34.1 Å². The third kappa shape index (κ3) is 14.4. The second kappa shape index (κ2) is 26.0. The Morgan fingerprint density at radius 3 is 1.65 bits per heavy atom. The number of nitrogens with one attached hydrogen (secondary N) is 2. The number of hydrogen-bond acceptors (Lipinski definition) is 12. The van der Waals surface area contributed by atoms with E-state index >= 15 is 0 Å². The molecule has 412 valence electrons. The highest BCUT2D eigenvalue weighted by molar-refractivity contribution is 7.10. The van der Waals surface area contributed by atoms with E-state index in [1.54, 1.807) is 0 Å². The molecule has 0 saturated heterocycles. The quantitative estimate of drug-likeness (QED) is 0.0604. The van der Waals surface area contributed by atoms with Crippen molar-refractivity contribution in [1.29, 1.82) is 0 Å². The van der Waals surface area contributed by atoms with Gasteiger partial charge in [-0.05, 0) is 114 Å². The normalized spacial score (nSPS) is 13.1.